The van der Waals surface area contributed by atoms with E-state index in [2.05, 4.69) is 9.88 Å². The number of pyridine rings is 1. The molecule has 0 N–H and O–H groups in total. The number of anilines is 1. The number of carbonyl (C=O) groups excluding carboxylic acids is 3. The van der Waals surface area contributed by atoms with E-state index >= 15 is 0 Å². The van der Waals surface area contributed by atoms with Crippen LogP contribution in [0.25, 0.3) is 0 Å². The lowest BCUT2D eigenvalue weighted by atomic mass is 10.1. The number of fused-ring (bicyclic) bond motifs is 1. The zero-order valence-corrected chi connectivity index (χ0v) is 15.9. The monoisotopic (exact) mass is 398 g/mol. The van der Waals surface area contributed by atoms with Gasteiger partial charge in [0.1, 0.15) is 5.82 Å². The minimum absolute atomic E-state index is 0.0575. The van der Waals surface area contributed by atoms with Gasteiger partial charge in [-0.25, -0.2) is 4.98 Å². The van der Waals surface area contributed by atoms with Gasteiger partial charge in [0.15, 0.2) is 0 Å². The maximum Gasteiger partial charge on any atom is 0.263 e. The molecule has 2 aromatic rings. The second kappa shape index (κ2) is 7.59. The maximum atomic E-state index is 12.6. The van der Waals surface area contributed by atoms with Crippen molar-refractivity contribution in [3.8, 4) is 0 Å². The lowest BCUT2D eigenvalue weighted by Crippen LogP contribution is -2.49. The first-order valence-corrected chi connectivity index (χ1v) is 9.52. The molecule has 4 rings (SSSR count). The highest BCUT2D eigenvalue weighted by Crippen LogP contribution is 2.29. The van der Waals surface area contributed by atoms with E-state index in [1.54, 1.807) is 29.3 Å². The van der Waals surface area contributed by atoms with Gasteiger partial charge < -0.3 is 9.80 Å². The van der Waals surface area contributed by atoms with Crippen LogP contribution in [0.15, 0.2) is 42.6 Å². The average molecular weight is 399 g/mol. The molecule has 28 heavy (non-hydrogen) atoms. The summed E-state index contributed by atoms with van der Waals surface area (Å²) in [7, 11) is 0. The third-order valence-corrected chi connectivity index (χ3v) is 5.42. The Kier molecular flexibility index (Phi) is 5.00. The van der Waals surface area contributed by atoms with E-state index in [0.717, 1.165) is 10.7 Å². The van der Waals surface area contributed by atoms with Crippen LogP contribution in [0.5, 0.6) is 0 Å². The van der Waals surface area contributed by atoms with Crippen LogP contribution in [0.3, 0.4) is 0 Å². The van der Waals surface area contributed by atoms with E-state index in [1.807, 2.05) is 18.2 Å². The third kappa shape index (κ3) is 3.33. The van der Waals surface area contributed by atoms with Gasteiger partial charge in [0.25, 0.3) is 11.8 Å². The molecule has 7 nitrogen and oxygen atoms in total. The van der Waals surface area contributed by atoms with E-state index in [0.29, 0.717) is 31.7 Å². The fourth-order valence-corrected chi connectivity index (χ4v) is 3.84. The molecule has 144 valence electrons. The Morgan fingerprint density at radius 2 is 1.79 bits per heavy atom. The first-order chi connectivity index (χ1) is 13.6. The van der Waals surface area contributed by atoms with Crippen molar-refractivity contribution in [2.75, 3.05) is 37.6 Å². The molecule has 1 aromatic heterocycles. The van der Waals surface area contributed by atoms with Crippen LogP contribution in [0, 0.1) is 0 Å². The molecule has 0 spiro atoms. The number of benzene rings is 1. The van der Waals surface area contributed by atoms with E-state index in [-0.39, 0.29) is 29.5 Å². The summed E-state index contributed by atoms with van der Waals surface area (Å²) in [6, 6.07) is 10.6. The van der Waals surface area contributed by atoms with Gasteiger partial charge in [0, 0.05) is 45.3 Å². The molecule has 0 atom stereocenters. The summed E-state index contributed by atoms with van der Waals surface area (Å²) in [5.74, 6) is 0.00877. The number of imide groups is 1. The van der Waals surface area contributed by atoms with Crippen LogP contribution in [0.1, 0.15) is 27.1 Å². The summed E-state index contributed by atoms with van der Waals surface area (Å²) in [5.41, 5.74) is 0.527. The average Bonchev–Trinajstić information content (AvgIpc) is 2.98. The predicted octanol–water partition coefficient (Wildman–Crippen LogP) is 2.07. The topological polar surface area (TPSA) is 73.8 Å². The summed E-state index contributed by atoms with van der Waals surface area (Å²) in [6.45, 7) is 2.63. The first kappa shape index (κ1) is 18.4. The van der Waals surface area contributed by atoms with Gasteiger partial charge >= 0.3 is 0 Å². The highest BCUT2D eigenvalue weighted by atomic mass is 35.5. The number of rotatable bonds is 4. The van der Waals surface area contributed by atoms with Crippen molar-refractivity contribution in [3.05, 3.63) is 58.7 Å². The van der Waals surface area contributed by atoms with Crippen LogP contribution >= 0.6 is 11.6 Å². The Morgan fingerprint density at radius 3 is 2.46 bits per heavy atom. The molecular weight excluding hydrogens is 380 g/mol. The fourth-order valence-electron chi connectivity index (χ4n) is 3.59. The van der Waals surface area contributed by atoms with Crippen molar-refractivity contribution in [2.45, 2.75) is 6.42 Å². The molecule has 0 radical (unpaired) electrons. The highest BCUT2D eigenvalue weighted by Gasteiger charge is 2.37. The molecule has 8 heteroatoms. The number of hydrogen-bond acceptors (Lipinski definition) is 5. The van der Waals surface area contributed by atoms with E-state index in [4.69, 9.17) is 11.6 Å². The van der Waals surface area contributed by atoms with Gasteiger partial charge in [-0.1, -0.05) is 23.7 Å². The molecule has 2 aliphatic rings. The number of carbonyl (C=O) groups is 3. The maximum absolute atomic E-state index is 12.6. The van der Waals surface area contributed by atoms with Crippen molar-refractivity contribution in [1.82, 2.24) is 14.8 Å². The molecule has 1 saturated heterocycles. The summed E-state index contributed by atoms with van der Waals surface area (Å²) in [4.78, 5) is 46.9. The van der Waals surface area contributed by atoms with Gasteiger partial charge in [-0.3, -0.25) is 19.3 Å². The number of amides is 3. The smallest absolute Gasteiger partial charge is 0.263 e. The van der Waals surface area contributed by atoms with Crippen molar-refractivity contribution in [1.29, 1.82) is 0 Å². The van der Waals surface area contributed by atoms with Crippen LogP contribution in [-0.2, 0) is 4.79 Å². The molecule has 3 heterocycles. The zero-order valence-electron chi connectivity index (χ0n) is 15.2. The van der Waals surface area contributed by atoms with Crippen molar-refractivity contribution >= 4 is 35.1 Å². The number of piperazine rings is 1. The van der Waals surface area contributed by atoms with Crippen molar-refractivity contribution < 1.29 is 14.4 Å². The summed E-state index contributed by atoms with van der Waals surface area (Å²) >= 11 is 6.06. The van der Waals surface area contributed by atoms with Crippen LogP contribution in [0.4, 0.5) is 5.82 Å². The Labute approximate surface area is 167 Å². The van der Waals surface area contributed by atoms with Gasteiger partial charge in [-0.15, -0.1) is 0 Å². The van der Waals surface area contributed by atoms with Gasteiger partial charge in [-0.05, 0) is 24.3 Å². The van der Waals surface area contributed by atoms with Gasteiger partial charge in [0.2, 0.25) is 5.91 Å². The Hall–Kier alpha value is -2.93. The zero-order chi connectivity index (χ0) is 19.7. The number of nitrogens with zero attached hydrogens (tertiary/aromatic N) is 4. The summed E-state index contributed by atoms with van der Waals surface area (Å²) in [5, 5.41) is 0.260. The minimum Gasteiger partial charge on any atom is -0.353 e. The quantitative estimate of drug-likeness (QED) is 0.737. The van der Waals surface area contributed by atoms with Gasteiger partial charge in [0.05, 0.1) is 16.1 Å². The molecule has 1 aromatic carbocycles. The molecule has 0 unspecified atom stereocenters. The Bertz CT molecular complexity index is 926. The standard InChI is InChI=1S/C20H19ClN4O3/c21-15-5-3-4-14-18(15)20(28)25(19(14)27)9-7-17(26)24-12-10-23(11-13-24)16-6-1-2-8-22-16/h1-6,8H,7,9-13H2. The van der Waals surface area contributed by atoms with Crippen LogP contribution < -0.4 is 4.90 Å². The van der Waals surface area contributed by atoms with Crippen LogP contribution in [-0.4, -0.2) is 65.2 Å². The molecule has 0 aliphatic carbocycles. The van der Waals surface area contributed by atoms with Crippen molar-refractivity contribution in [2.24, 2.45) is 0 Å². The summed E-state index contributed by atoms with van der Waals surface area (Å²) in [6.07, 6.45) is 1.86. The summed E-state index contributed by atoms with van der Waals surface area (Å²) < 4.78 is 0. The molecule has 0 saturated carbocycles. The van der Waals surface area contributed by atoms with E-state index in [9.17, 15) is 14.4 Å². The molecule has 2 aliphatic heterocycles. The third-order valence-electron chi connectivity index (χ3n) is 5.10. The molecule has 3 amide bonds. The highest BCUT2D eigenvalue weighted by molar-refractivity contribution is 6.37. The van der Waals surface area contributed by atoms with Crippen molar-refractivity contribution in [3.63, 3.8) is 0 Å². The van der Waals surface area contributed by atoms with Gasteiger partial charge in [-0.2, -0.15) is 0 Å². The normalized spacial score (nSPS) is 16.5. The lowest BCUT2D eigenvalue weighted by Gasteiger charge is -2.35. The predicted molar refractivity (Wildman–Crippen MR) is 104 cm³/mol. The second-order valence-corrected chi connectivity index (χ2v) is 7.14. The van der Waals surface area contributed by atoms with E-state index in [1.165, 1.54) is 0 Å². The SMILES string of the molecule is O=C(CCN1C(=O)c2cccc(Cl)c2C1=O)N1CCN(c2ccccn2)CC1. The number of hydrogen-bond donors (Lipinski definition) is 0. The Morgan fingerprint density at radius 1 is 1.00 bits per heavy atom. The fraction of sp³-hybridized carbons (Fsp3) is 0.300. The van der Waals surface area contributed by atoms with Crippen LogP contribution in [0.2, 0.25) is 5.02 Å². The molecule has 1 fully saturated rings. The largest absolute Gasteiger partial charge is 0.353 e. The Balaban J connectivity index is 1.33. The lowest BCUT2D eigenvalue weighted by molar-refractivity contribution is -0.131. The molecular formula is C20H19ClN4O3. The first-order valence-electron chi connectivity index (χ1n) is 9.14. The minimum atomic E-state index is -0.432. The number of aromatic nitrogens is 1. The van der Waals surface area contributed by atoms with E-state index < -0.39 is 11.8 Å². The number of halogens is 1. The second-order valence-electron chi connectivity index (χ2n) is 6.73. The molecule has 0 bridgehead atoms.